The van der Waals surface area contributed by atoms with E-state index in [4.69, 9.17) is 0 Å². The molecule has 20 heavy (non-hydrogen) atoms. The van der Waals surface area contributed by atoms with Crippen LogP contribution in [0.5, 0.6) is 0 Å². The smallest absolute Gasteiger partial charge is 0.127 e. The lowest BCUT2D eigenvalue weighted by Crippen LogP contribution is -2.30. The maximum atomic E-state index is 13.7. The Labute approximate surface area is 131 Å². The molecule has 0 aliphatic rings. The van der Waals surface area contributed by atoms with Crippen molar-refractivity contribution in [2.75, 3.05) is 20.6 Å². The van der Waals surface area contributed by atoms with Crippen molar-refractivity contribution in [3.8, 4) is 0 Å². The van der Waals surface area contributed by atoms with Crippen LogP contribution in [0.2, 0.25) is 0 Å². The molecule has 1 aromatic heterocycles. The number of thiophene rings is 1. The Balaban J connectivity index is 1.95. The molecule has 1 atom stereocenters. The van der Waals surface area contributed by atoms with Crippen molar-refractivity contribution in [2.45, 2.75) is 12.6 Å². The monoisotopic (exact) mass is 356 g/mol. The average Bonchev–Trinajstić information content (AvgIpc) is 2.91. The molecular weight excluding hydrogens is 339 g/mol. The number of hydrogen-bond acceptors (Lipinski definition) is 3. The van der Waals surface area contributed by atoms with E-state index in [0.717, 1.165) is 11.0 Å². The van der Waals surface area contributed by atoms with E-state index in [1.165, 1.54) is 10.9 Å². The first-order chi connectivity index (χ1) is 9.58. The quantitative estimate of drug-likeness (QED) is 0.839. The van der Waals surface area contributed by atoms with Crippen LogP contribution in [0.25, 0.3) is 0 Å². The van der Waals surface area contributed by atoms with Crippen LogP contribution < -0.4 is 5.32 Å². The van der Waals surface area contributed by atoms with Crippen LogP contribution >= 0.6 is 27.3 Å². The fourth-order valence-corrected chi connectivity index (χ4v) is 3.37. The summed E-state index contributed by atoms with van der Waals surface area (Å²) < 4.78 is 14.6. The van der Waals surface area contributed by atoms with E-state index >= 15 is 0 Å². The maximum absolute atomic E-state index is 13.7. The number of nitrogens with zero attached hydrogens (tertiary/aromatic N) is 1. The normalized spacial score (nSPS) is 12.8. The Bertz CT molecular complexity index is 543. The molecule has 1 heterocycles. The zero-order chi connectivity index (χ0) is 14.5. The van der Waals surface area contributed by atoms with E-state index < -0.39 is 0 Å². The fraction of sp³-hybridized carbons (Fsp3) is 0.333. The largest absolute Gasteiger partial charge is 0.311 e. The SMILES string of the molecule is CN(C)C(CNCc1cc(Br)ccc1F)c1cccs1. The molecular formula is C15H18BrFN2S. The predicted molar refractivity (Wildman–Crippen MR) is 86.6 cm³/mol. The molecule has 108 valence electrons. The lowest BCUT2D eigenvalue weighted by Gasteiger charge is -2.23. The molecule has 1 N–H and O–H groups in total. The Morgan fingerprint density at radius 1 is 1.35 bits per heavy atom. The number of rotatable bonds is 6. The van der Waals surface area contributed by atoms with Gasteiger partial charge in [0.1, 0.15) is 5.82 Å². The Hall–Kier alpha value is -0.750. The minimum absolute atomic E-state index is 0.168. The molecule has 2 rings (SSSR count). The molecule has 2 aromatic rings. The van der Waals surface area contributed by atoms with Gasteiger partial charge in [-0.3, -0.25) is 0 Å². The summed E-state index contributed by atoms with van der Waals surface area (Å²) in [5, 5.41) is 5.43. The van der Waals surface area contributed by atoms with Gasteiger partial charge in [0, 0.05) is 28.0 Å². The number of likely N-dealkylation sites (N-methyl/N-ethyl adjacent to an activating group) is 1. The van der Waals surface area contributed by atoms with Crippen LogP contribution in [-0.4, -0.2) is 25.5 Å². The number of halogens is 2. The molecule has 0 aliphatic carbocycles. The van der Waals surface area contributed by atoms with Gasteiger partial charge in [-0.15, -0.1) is 11.3 Å². The summed E-state index contributed by atoms with van der Waals surface area (Å²) in [4.78, 5) is 3.49. The van der Waals surface area contributed by atoms with Crippen molar-refractivity contribution in [1.82, 2.24) is 10.2 Å². The summed E-state index contributed by atoms with van der Waals surface area (Å²) in [6, 6.07) is 9.53. The van der Waals surface area contributed by atoms with Gasteiger partial charge >= 0.3 is 0 Å². The lowest BCUT2D eigenvalue weighted by molar-refractivity contribution is 0.292. The highest BCUT2D eigenvalue weighted by Crippen LogP contribution is 2.22. The summed E-state index contributed by atoms with van der Waals surface area (Å²) in [6.45, 7) is 1.32. The third-order valence-corrected chi connectivity index (χ3v) is 4.62. The second-order valence-electron chi connectivity index (χ2n) is 4.86. The Morgan fingerprint density at radius 2 is 2.15 bits per heavy atom. The van der Waals surface area contributed by atoms with Gasteiger partial charge in [-0.25, -0.2) is 4.39 Å². The highest BCUT2D eigenvalue weighted by atomic mass is 79.9. The van der Waals surface area contributed by atoms with Crippen LogP contribution in [0.1, 0.15) is 16.5 Å². The van der Waals surface area contributed by atoms with Crippen molar-refractivity contribution in [3.63, 3.8) is 0 Å². The first kappa shape index (κ1) is 15.6. The summed E-state index contributed by atoms with van der Waals surface area (Å²) in [5.74, 6) is -0.168. The van der Waals surface area contributed by atoms with Crippen LogP contribution in [-0.2, 0) is 6.54 Å². The molecule has 0 aliphatic heterocycles. The van der Waals surface area contributed by atoms with Crippen molar-refractivity contribution < 1.29 is 4.39 Å². The highest BCUT2D eigenvalue weighted by molar-refractivity contribution is 9.10. The molecule has 5 heteroatoms. The van der Waals surface area contributed by atoms with E-state index in [1.807, 2.05) is 6.07 Å². The first-order valence-electron chi connectivity index (χ1n) is 6.42. The minimum atomic E-state index is -0.168. The molecule has 0 spiro atoms. The lowest BCUT2D eigenvalue weighted by atomic mass is 10.2. The van der Waals surface area contributed by atoms with Gasteiger partial charge < -0.3 is 10.2 Å². The van der Waals surface area contributed by atoms with Gasteiger partial charge in [0.25, 0.3) is 0 Å². The molecule has 2 nitrogen and oxygen atoms in total. The number of hydrogen-bond donors (Lipinski definition) is 1. The fourth-order valence-electron chi connectivity index (χ4n) is 2.04. The predicted octanol–water partition coefficient (Wildman–Crippen LogP) is 4.04. The van der Waals surface area contributed by atoms with Gasteiger partial charge in [0.2, 0.25) is 0 Å². The topological polar surface area (TPSA) is 15.3 Å². The first-order valence-corrected chi connectivity index (χ1v) is 8.09. The summed E-state index contributed by atoms with van der Waals surface area (Å²) in [5.41, 5.74) is 0.683. The summed E-state index contributed by atoms with van der Waals surface area (Å²) in [6.07, 6.45) is 0. The van der Waals surface area contributed by atoms with Gasteiger partial charge in [0.15, 0.2) is 0 Å². The minimum Gasteiger partial charge on any atom is -0.311 e. The van der Waals surface area contributed by atoms with E-state index in [-0.39, 0.29) is 5.82 Å². The van der Waals surface area contributed by atoms with Gasteiger partial charge in [-0.05, 0) is 43.7 Å². The van der Waals surface area contributed by atoms with Gasteiger partial charge in [0.05, 0.1) is 6.04 Å². The zero-order valence-electron chi connectivity index (χ0n) is 11.6. The zero-order valence-corrected chi connectivity index (χ0v) is 14.0. The second-order valence-corrected chi connectivity index (χ2v) is 6.76. The molecule has 1 aromatic carbocycles. The Morgan fingerprint density at radius 3 is 2.80 bits per heavy atom. The highest BCUT2D eigenvalue weighted by Gasteiger charge is 2.14. The molecule has 0 saturated carbocycles. The molecule has 0 fully saturated rings. The van der Waals surface area contributed by atoms with E-state index in [2.05, 4.69) is 57.8 Å². The van der Waals surface area contributed by atoms with Crippen molar-refractivity contribution in [3.05, 3.63) is 56.4 Å². The average molecular weight is 357 g/mol. The third-order valence-electron chi connectivity index (χ3n) is 3.16. The molecule has 0 radical (unpaired) electrons. The third kappa shape index (κ3) is 4.12. The van der Waals surface area contributed by atoms with E-state index in [9.17, 15) is 4.39 Å². The van der Waals surface area contributed by atoms with Crippen molar-refractivity contribution in [1.29, 1.82) is 0 Å². The van der Waals surface area contributed by atoms with Crippen molar-refractivity contribution >= 4 is 27.3 Å². The van der Waals surface area contributed by atoms with E-state index in [0.29, 0.717) is 18.2 Å². The van der Waals surface area contributed by atoms with Gasteiger partial charge in [-0.2, -0.15) is 0 Å². The van der Waals surface area contributed by atoms with Crippen LogP contribution in [0.3, 0.4) is 0 Å². The van der Waals surface area contributed by atoms with Gasteiger partial charge in [-0.1, -0.05) is 22.0 Å². The molecule has 0 amide bonds. The second kappa shape index (κ2) is 7.31. The van der Waals surface area contributed by atoms with Crippen molar-refractivity contribution in [2.24, 2.45) is 0 Å². The van der Waals surface area contributed by atoms with E-state index in [1.54, 1.807) is 17.4 Å². The number of nitrogens with one attached hydrogen (secondary N) is 1. The summed E-state index contributed by atoms with van der Waals surface area (Å²) >= 11 is 5.12. The summed E-state index contributed by atoms with van der Waals surface area (Å²) in [7, 11) is 4.12. The molecule has 1 unspecified atom stereocenters. The maximum Gasteiger partial charge on any atom is 0.127 e. The van der Waals surface area contributed by atoms with Crippen LogP contribution in [0, 0.1) is 5.82 Å². The molecule has 0 bridgehead atoms. The Kier molecular flexibility index (Phi) is 5.72. The standard InChI is InChI=1S/C15H18BrFN2S/c1-19(2)14(15-4-3-7-20-15)10-18-9-11-8-12(16)5-6-13(11)17/h3-8,14,18H,9-10H2,1-2H3. The van der Waals surface area contributed by atoms with Crippen LogP contribution in [0.4, 0.5) is 4.39 Å². The molecule has 0 saturated heterocycles. The van der Waals surface area contributed by atoms with Crippen LogP contribution in [0.15, 0.2) is 40.2 Å². The number of benzene rings is 1.